The zero-order chi connectivity index (χ0) is 37.8. The molecular weight excluding hydrogens is 781 g/mol. The second kappa shape index (κ2) is 14.4. The van der Waals surface area contributed by atoms with Gasteiger partial charge in [-0.25, -0.2) is 0 Å². The summed E-state index contributed by atoms with van der Waals surface area (Å²) in [4.78, 5) is 2.70. The molecule has 0 bridgehead atoms. The number of hydrogen-bond acceptors (Lipinski definition) is 4. The molecular formula is C52H34S4Si. The highest BCUT2D eigenvalue weighted by Crippen LogP contribution is 2.59. The quantitative estimate of drug-likeness (QED) is 0.134. The van der Waals surface area contributed by atoms with Gasteiger partial charge in [0.15, 0.2) is 8.07 Å². The Kier molecular flexibility index (Phi) is 8.72. The first-order chi connectivity index (χ1) is 28.3. The molecule has 5 heteroatoms. The second-order valence-corrected chi connectivity index (χ2v) is 21.8. The van der Waals surface area contributed by atoms with E-state index in [-0.39, 0.29) is 0 Å². The van der Waals surface area contributed by atoms with Crippen LogP contribution >= 0.6 is 45.3 Å². The first-order valence-corrected chi connectivity index (χ1v) is 24.6. The lowest BCUT2D eigenvalue weighted by Crippen LogP contribution is -2.59. The molecule has 0 unspecified atom stereocenters. The van der Waals surface area contributed by atoms with Crippen molar-refractivity contribution in [1.29, 1.82) is 0 Å². The summed E-state index contributed by atoms with van der Waals surface area (Å²) in [7, 11) is -3.17. The van der Waals surface area contributed by atoms with Crippen molar-refractivity contribution in [2.75, 3.05) is 0 Å². The first-order valence-electron chi connectivity index (χ1n) is 19.1. The van der Waals surface area contributed by atoms with Crippen LogP contribution in [0, 0.1) is 0 Å². The SMILES string of the molecule is c1ccc(C2=C(c3sccc3-c3ccc4sccc4c3)[Si](c3ccccc3)(c3ccccc3)C(c3sccc3-c3ccc4sccc4c3)=C2c2ccccc2)cc1. The second-order valence-electron chi connectivity index (χ2n) is 14.4. The Morgan fingerprint density at radius 2 is 0.702 bits per heavy atom. The van der Waals surface area contributed by atoms with Gasteiger partial charge in [0.25, 0.3) is 0 Å². The van der Waals surface area contributed by atoms with Crippen molar-refractivity contribution in [1.82, 2.24) is 0 Å². The molecule has 10 aromatic rings. The van der Waals surface area contributed by atoms with Crippen LogP contribution in [0.1, 0.15) is 20.9 Å². The Labute approximate surface area is 349 Å². The molecule has 57 heavy (non-hydrogen) atoms. The molecule has 1 aliphatic rings. The largest absolute Gasteiger partial charge is 0.184 e. The molecule has 0 spiro atoms. The minimum absolute atomic E-state index is 1.25. The Morgan fingerprint density at radius 3 is 1.12 bits per heavy atom. The Morgan fingerprint density at radius 1 is 0.316 bits per heavy atom. The highest BCUT2D eigenvalue weighted by atomic mass is 32.1. The molecule has 11 rings (SSSR count). The highest BCUT2D eigenvalue weighted by molar-refractivity contribution is 7.33. The minimum Gasteiger partial charge on any atom is -0.144 e. The van der Waals surface area contributed by atoms with Crippen LogP contribution in [0.15, 0.2) is 204 Å². The molecule has 4 aromatic heterocycles. The fourth-order valence-corrected chi connectivity index (χ4v) is 18.9. The number of benzene rings is 6. The summed E-state index contributed by atoms with van der Waals surface area (Å²) in [6.07, 6.45) is 0. The lowest BCUT2D eigenvalue weighted by atomic mass is 9.90. The summed E-state index contributed by atoms with van der Waals surface area (Å²) in [6, 6.07) is 68.8. The van der Waals surface area contributed by atoms with Crippen LogP contribution in [-0.2, 0) is 0 Å². The first kappa shape index (κ1) is 34.6. The van der Waals surface area contributed by atoms with Crippen molar-refractivity contribution in [2.45, 2.75) is 0 Å². The van der Waals surface area contributed by atoms with Gasteiger partial charge in [0.1, 0.15) is 0 Å². The third-order valence-electron chi connectivity index (χ3n) is 11.3. The normalized spacial score (nSPS) is 14.0. The van der Waals surface area contributed by atoms with Crippen molar-refractivity contribution in [2.24, 2.45) is 0 Å². The van der Waals surface area contributed by atoms with E-state index in [1.54, 1.807) is 0 Å². The van der Waals surface area contributed by atoms with E-state index in [4.69, 9.17) is 0 Å². The summed E-state index contributed by atoms with van der Waals surface area (Å²) in [5.74, 6) is 0. The number of fused-ring (bicyclic) bond motifs is 2. The van der Waals surface area contributed by atoms with Gasteiger partial charge in [0, 0.05) is 19.2 Å². The van der Waals surface area contributed by atoms with Gasteiger partial charge in [-0.2, -0.15) is 0 Å². The number of hydrogen-bond donors (Lipinski definition) is 0. The lowest BCUT2D eigenvalue weighted by Gasteiger charge is -2.36. The van der Waals surface area contributed by atoms with E-state index in [0.717, 1.165) is 0 Å². The third-order valence-corrected chi connectivity index (χ3v) is 20.3. The zero-order valence-electron chi connectivity index (χ0n) is 30.8. The Balaban J connectivity index is 1.34. The molecule has 0 nitrogen and oxygen atoms in total. The smallest absolute Gasteiger partial charge is 0.144 e. The van der Waals surface area contributed by atoms with Gasteiger partial charge in [-0.05, 0) is 146 Å². The monoisotopic (exact) mass is 814 g/mol. The number of allylic oxidation sites excluding steroid dienone is 2. The summed E-state index contributed by atoms with van der Waals surface area (Å²) in [6.45, 7) is 0. The summed E-state index contributed by atoms with van der Waals surface area (Å²) in [5.41, 5.74) is 10.3. The Hall–Kier alpha value is -5.66. The van der Waals surface area contributed by atoms with Gasteiger partial charge in [0.2, 0.25) is 0 Å². The molecule has 6 aromatic carbocycles. The van der Waals surface area contributed by atoms with E-state index in [9.17, 15) is 0 Å². The topological polar surface area (TPSA) is 0 Å². The maximum absolute atomic E-state index is 3.17. The van der Waals surface area contributed by atoms with E-state index < -0.39 is 8.07 Å². The average molecular weight is 815 g/mol. The molecule has 0 fully saturated rings. The van der Waals surface area contributed by atoms with Crippen molar-refractivity contribution >= 4 is 106 Å². The molecule has 0 N–H and O–H groups in total. The number of thiophene rings is 4. The van der Waals surface area contributed by atoms with Crippen molar-refractivity contribution in [3.63, 3.8) is 0 Å². The van der Waals surface area contributed by atoms with Crippen LogP contribution in [0.3, 0.4) is 0 Å². The van der Waals surface area contributed by atoms with Gasteiger partial charge in [-0.1, -0.05) is 133 Å². The highest BCUT2D eigenvalue weighted by Gasteiger charge is 2.54. The minimum atomic E-state index is -3.17. The molecule has 0 saturated carbocycles. The van der Waals surface area contributed by atoms with E-state index in [1.807, 2.05) is 45.3 Å². The maximum atomic E-state index is 2.42. The van der Waals surface area contributed by atoms with Crippen LogP contribution < -0.4 is 10.4 Å². The van der Waals surface area contributed by atoms with Crippen LogP contribution in [0.25, 0.3) is 64.0 Å². The molecule has 1 aliphatic heterocycles. The van der Waals surface area contributed by atoms with Crippen molar-refractivity contribution in [3.8, 4) is 22.3 Å². The summed E-state index contributed by atoms with van der Waals surface area (Å²) >= 11 is 7.41. The predicted octanol–water partition coefficient (Wildman–Crippen LogP) is 14.4. The standard InChI is InChI=1S/C52H34S4Si/c1-5-13-35(14-6-1)47-48(36-15-7-2-8-16-36)52(50-44(28-32-56-50)38-22-24-46-40(34-38)26-30-54-46)57(41-17-9-3-10-18-41,42-19-11-4-12-20-42)51(47)49-43(27-31-55-49)37-21-23-45-39(33-37)25-29-53-45/h1-34H. The lowest BCUT2D eigenvalue weighted by molar-refractivity contribution is 1.59. The third kappa shape index (κ3) is 5.65. The number of rotatable bonds is 8. The van der Waals surface area contributed by atoms with Gasteiger partial charge in [-0.15, -0.1) is 45.3 Å². The fraction of sp³-hybridized carbons (Fsp3) is 0. The fourth-order valence-electron chi connectivity index (χ4n) is 8.95. The van der Waals surface area contributed by atoms with Crippen LogP contribution in [-0.4, -0.2) is 8.07 Å². The van der Waals surface area contributed by atoms with E-state index in [1.165, 1.54) is 95.2 Å². The molecule has 0 amide bonds. The van der Waals surface area contributed by atoms with Gasteiger partial charge < -0.3 is 0 Å². The molecule has 5 heterocycles. The molecule has 270 valence electrons. The maximum Gasteiger partial charge on any atom is 0.184 e. The summed E-state index contributed by atoms with van der Waals surface area (Å²) in [5, 5.41) is 17.3. The molecule has 0 radical (unpaired) electrons. The van der Waals surface area contributed by atoms with Crippen LogP contribution in [0.5, 0.6) is 0 Å². The molecule has 0 atom stereocenters. The molecule has 0 saturated heterocycles. The van der Waals surface area contributed by atoms with Crippen molar-refractivity contribution in [3.05, 3.63) is 224 Å². The summed E-state index contributed by atoms with van der Waals surface area (Å²) < 4.78 is 2.64. The Bertz CT molecular complexity index is 2890. The zero-order valence-corrected chi connectivity index (χ0v) is 35.0. The van der Waals surface area contributed by atoms with Crippen LogP contribution in [0.4, 0.5) is 0 Å². The average Bonchev–Trinajstić information content (AvgIpc) is 4.13. The van der Waals surface area contributed by atoms with Gasteiger partial charge in [-0.3, -0.25) is 0 Å². The van der Waals surface area contributed by atoms with Crippen LogP contribution in [0.2, 0.25) is 0 Å². The van der Waals surface area contributed by atoms with E-state index in [0.29, 0.717) is 0 Å². The van der Waals surface area contributed by atoms with Gasteiger partial charge >= 0.3 is 0 Å². The van der Waals surface area contributed by atoms with Crippen molar-refractivity contribution < 1.29 is 0 Å². The molecule has 0 aliphatic carbocycles. The van der Waals surface area contributed by atoms with E-state index in [2.05, 4.69) is 204 Å². The van der Waals surface area contributed by atoms with E-state index >= 15 is 0 Å². The van der Waals surface area contributed by atoms with Gasteiger partial charge in [0.05, 0.1) is 0 Å². The predicted molar refractivity (Wildman–Crippen MR) is 255 cm³/mol.